The standard InChI is InChI=1S/C10H20N4O.C2H6/c1-6(2)9(15)8-4-7(5-14(8)3)13-10(11)12;1-2/h6-8H,4-5H2,1-3H3,(H4,11,12,13);1-2H3. The molecule has 1 fully saturated rings. The molecular weight excluding hydrogens is 216 g/mol. The number of rotatable bonds is 3. The van der Waals surface area contributed by atoms with Gasteiger partial charge in [0.05, 0.1) is 12.1 Å². The summed E-state index contributed by atoms with van der Waals surface area (Å²) in [6, 6.07) is 0.0331. The first-order valence-corrected chi connectivity index (χ1v) is 6.24. The summed E-state index contributed by atoms with van der Waals surface area (Å²) in [5.74, 6) is 0.437. The minimum absolute atomic E-state index is 0.0295. The molecule has 1 saturated heterocycles. The quantitative estimate of drug-likeness (QED) is 0.560. The smallest absolute Gasteiger partial charge is 0.186 e. The van der Waals surface area contributed by atoms with Crippen molar-refractivity contribution < 1.29 is 4.79 Å². The van der Waals surface area contributed by atoms with E-state index in [9.17, 15) is 4.79 Å². The minimum Gasteiger partial charge on any atom is -0.370 e. The molecule has 1 aliphatic rings. The Morgan fingerprint density at radius 2 is 1.88 bits per heavy atom. The average molecular weight is 242 g/mol. The highest BCUT2D eigenvalue weighted by molar-refractivity contribution is 5.86. The number of likely N-dealkylation sites (N-methyl/N-ethyl adjacent to an activating group) is 1. The molecule has 2 unspecified atom stereocenters. The first kappa shape index (κ1) is 15.9. The molecular formula is C12H26N4O. The molecule has 0 amide bonds. The Labute approximate surface area is 104 Å². The van der Waals surface area contributed by atoms with E-state index in [0.717, 1.165) is 13.0 Å². The number of nitrogens with zero attached hydrogens (tertiary/aromatic N) is 2. The molecule has 1 heterocycles. The lowest BCUT2D eigenvalue weighted by atomic mass is 9.99. The van der Waals surface area contributed by atoms with E-state index in [0.29, 0.717) is 0 Å². The van der Waals surface area contributed by atoms with E-state index in [1.54, 1.807) is 0 Å². The fraction of sp³-hybridized carbons (Fsp3) is 0.833. The lowest BCUT2D eigenvalue weighted by molar-refractivity contribution is -0.125. The molecule has 0 radical (unpaired) electrons. The highest BCUT2D eigenvalue weighted by Crippen LogP contribution is 2.21. The summed E-state index contributed by atoms with van der Waals surface area (Å²) < 4.78 is 0. The van der Waals surface area contributed by atoms with E-state index in [4.69, 9.17) is 11.5 Å². The summed E-state index contributed by atoms with van der Waals surface area (Å²) in [5.41, 5.74) is 10.6. The first-order valence-electron chi connectivity index (χ1n) is 6.24. The van der Waals surface area contributed by atoms with Gasteiger partial charge in [0.15, 0.2) is 11.7 Å². The Morgan fingerprint density at radius 3 is 2.29 bits per heavy atom. The van der Waals surface area contributed by atoms with E-state index in [2.05, 4.69) is 4.99 Å². The first-order chi connectivity index (χ1) is 7.91. The monoisotopic (exact) mass is 242 g/mol. The van der Waals surface area contributed by atoms with Crippen molar-refractivity contribution in [2.24, 2.45) is 22.4 Å². The van der Waals surface area contributed by atoms with Crippen LogP contribution >= 0.6 is 0 Å². The molecule has 17 heavy (non-hydrogen) atoms. The van der Waals surface area contributed by atoms with Gasteiger partial charge in [0, 0.05) is 12.5 Å². The molecule has 5 nitrogen and oxygen atoms in total. The third-order valence-electron chi connectivity index (χ3n) is 2.76. The van der Waals surface area contributed by atoms with E-state index in [-0.39, 0.29) is 29.7 Å². The number of aliphatic imine (C=N–C) groups is 1. The number of hydrogen-bond donors (Lipinski definition) is 2. The summed E-state index contributed by atoms with van der Waals surface area (Å²) in [4.78, 5) is 18.0. The molecule has 0 bridgehead atoms. The third kappa shape index (κ3) is 4.73. The zero-order chi connectivity index (χ0) is 13.6. The summed E-state index contributed by atoms with van der Waals surface area (Å²) >= 11 is 0. The highest BCUT2D eigenvalue weighted by Gasteiger charge is 2.35. The Morgan fingerprint density at radius 1 is 1.35 bits per heavy atom. The number of guanidine groups is 1. The molecule has 0 aliphatic carbocycles. The molecule has 0 aromatic heterocycles. The third-order valence-corrected chi connectivity index (χ3v) is 2.76. The van der Waals surface area contributed by atoms with Crippen LogP contribution in [0.15, 0.2) is 4.99 Å². The Balaban J connectivity index is 0.00000121. The van der Waals surface area contributed by atoms with E-state index in [1.165, 1.54) is 0 Å². The minimum atomic E-state index is -0.0295. The van der Waals surface area contributed by atoms with Gasteiger partial charge in [-0.25, -0.2) is 4.99 Å². The van der Waals surface area contributed by atoms with Crippen LogP contribution in [0.1, 0.15) is 34.1 Å². The van der Waals surface area contributed by atoms with E-state index in [1.807, 2.05) is 39.6 Å². The van der Waals surface area contributed by atoms with Crippen molar-refractivity contribution in [3.05, 3.63) is 0 Å². The fourth-order valence-electron chi connectivity index (χ4n) is 1.99. The molecule has 100 valence electrons. The average Bonchev–Trinajstić information content (AvgIpc) is 2.60. The number of nitrogens with two attached hydrogens (primary N) is 2. The number of likely N-dealkylation sites (tertiary alicyclic amines) is 1. The van der Waals surface area contributed by atoms with E-state index >= 15 is 0 Å². The normalized spacial score (nSPS) is 24.1. The van der Waals surface area contributed by atoms with E-state index < -0.39 is 0 Å². The molecule has 0 aromatic rings. The van der Waals surface area contributed by atoms with Gasteiger partial charge in [0.1, 0.15) is 0 Å². The predicted octanol–water partition coefficient (Wildman–Crippen LogP) is 0.584. The van der Waals surface area contributed by atoms with Crippen LogP contribution in [-0.2, 0) is 4.79 Å². The molecule has 0 saturated carbocycles. The Bertz CT molecular complexity index is 272. The topological polar surface area (TPSA) is 84.7 Å². The van der Waals surface area contributed by atoms with Crippen molar-refractivity contribution in [2.75, 3.05) is 13.6 Å². The largest absolute Gasteiger partial charge is 0.370 e. The second-order valence-electron chi connectivity index (χ2n) is 4.46. The number of hydrogen-bond acceptors (Lipinski definition) is 3. The van der Waals surface area contributed by atoms with Crippen LogP contribution in [0.4, 0.5) is 0 Å². The van der Waals surface area contributed by atoms with Gasteiger partial charge in [-0.1, -0.05) is 27.7 Å². The molecule has 2 atom stereocenters. The van der Waals surface area contributed by atoms with Crippen LogP contribution in [-0.4, -0.2) is 42.3 Å². The second-order valence-corrected chi connectivity index (χ2v) is 4.46. The van der Waals surface area contributed by atoms with Gasteiger partial charge >= 0.3 is 0 Å². The van der Waals surface area contributed by atoms with Crippen LogP contribution in [0, 0.1) is 5.92 Å². The van der Waals surface area contributed by atoms with Crippen molar-refractivity contribution in [2.45, 2.75) is 46.2 Å². The lowest BCUT2D eigenvalue weighted by Gasteiger charge is -2.19. The van der Waals surface area contributed by atoms with Gasteiger partial charge in [-0.2, -0.15) is 0 Å². The van der Waals surface area contributed by atoms with Gasteiger partial charge in [-0.3, -0.25) is 9.69 Å². The maximum atomic E-state index is 11.8. The summed E-state index contributed by atoms with van der Waals surface area (Å²) in [6.45, 7) is 8.59. The SMILES string of the molecule is CC.CC(C)C(=O)C1CC(N=C(N)N)CN1C. The lowest BCUT2D eigenvalue weighted by Crippen LogP contribution is -2.35. The maximum Gasteiger partial charge on any atom is 0.186 e. The molecule has 5 heteroatoms. The van der Waals surface area contributed by atoms with Crippen LogP contribution in [0.3, 0.4) is 0 Å². The summed E-state index contributed by atoms with van der Waals surface area (Å²) in [7, 11) is 1.94. The van der Waals surface area contributed by atoms with Crippen molar-refractivity contribution >= 4 is 11.7 Å². The number of carbonyl (C=O) groups is 1. The number of Topliss-reactive ketones (excluding diaryl/α,β-unsaturated/α-hetero) is 1. The summed E-state index contributed by atoms with van der Waals surface area (Å²) in [5, 5.41) is 0. The van der Waals surface area contributed by atoms with Crippen LogP contribution in [0.2, 0.25) is 0 Å². The molecule has 1 aliphatic heterocycles. The van der Waals surface area contributed by atoms with Crippen molar-refractivity contribution in [1.29, 1.82) is 0 Å². The van der Waals surface area contributed by atoms with Gasteiger partial charge in [-0.05, 0) is 13.5 Å². The van der Waals surface area contributed by atoms with Crippen LogP contribution in [0.5, 0.6) is 0 Å². The van der Waals surface area contributed by atoms with Crippen LogP contribution < -0.4 is 11.5 Å². The number of carbonyl (C=O) groups excluding carboxylic acids is 1. The van der Waals surface area contributed by atoms with Crippen LogP contribution in [0.25, 0.3) is 0 Å². The van der Waals surface area contributed by atoms with Gasteiger partial charge in [0.2, 0.25) is 0 Å². The fourth-order valence-corrected chi connectivity index (χ4v) is 1.99. The van der Waals surface area contributed by atoms with Crippen molar-refractivity contribution in [3.8, 4) is 0 Å². The Hall–Kier alpha value is -1.10. The van der Waals surface area contributed by atoms with Gasteiger partial charge < -0.3 is 11.5 Å². The predicted molar refractivity (Wildman–Crippen MR) is 71.8 cm³/mol. The second kappa shape index (κ2) is 7.27. The number of ketones is 1. The van der Waals surface area contributed by atoms with Crippen molar-refractivity contribution in [3.63, 3.8) is 0 Å². The maximum absolute atomic E-state index is 11.8. The zero-order valence-electron chi connectivity index (χ0n) is 11.6. The summed E-state index contributed by atoms with van der Waals surface area (Å²) in [6.07, 6.45) is 0.728. The zero-order valence-corrected chi connectivity index (χ0v) is 11.6. The Kier molecular flexibility index (Phi) is 6.80. The molecule has 4 N–H and O–H groups in total. The molecule has 0 spiro atoms. The van der Waals surface area contributed by atoms with Crippen molar-refractivity contribution in [1.82, 2.24) is 4.90 Å². The van der Waals surface area contributed by atoms with Gasteiger partial charge in [-0.15, -0.1) is 0 Å². The highest BCUT2D eigenvalue weighted by atomic mass is 16.1. The molecule has 0 aromatic carbocycles. The van der Waals surface area contributed by atoms with Gasteiger partial charge in [0.25, 0.3) is 0 Å². The molecule has 1 rings (SSSR count).